The number of anilines is 1. The second kappa shape index (κ2) is 8.62. The molecule has 1 aliphatic rings. The zero-order valence-electron chi connectivity index (χ0n) is 18.4. The summed E-state index contributed by atoms with van der Waals surface area (Å²) in [6.45, 7) is 6.91. The highest BCUT2D eigenvalue weighted by Crippen LogP contribution is 2.30. The smallest absolute Gasteiger partial charge is 0.312 e. The van der Waals surface area contributed by atoms with Gasteiger partial charge in [-0.05, 0) is 35.6 Å². The Morgan fingerprint density at radius 3 is 2.81 bits per heavy atom. The van der Waals surface area contributed by atoms with E-state index in [9.17, 15) is 12.8 Å². The standard InChI is InChI=1S/C21H27FN6O3S/c1-12(2)11-24-32(29,30)7-5-28-17(25-18-19(23)26-21(22)27-20(18)28)10-15-9-16-14(4-6-31-16)8-13(15)3/h8-9,12,24H,4-7,10-11H2,1-3H3,(H2,23,26,27). The van der Waals surface area contributed by atoms with Gasteiger partial charge >= 0.3 is 6.08 Å². The summed E-state index contributed by atoms with van der Waals surface area (Å²) in [6, 6.07) is 4.08. The molecule has 0 fully saturated rings. The Morgan fingerprint density at radius 1 is 1.28 bits per heavy atom. The summed E-state index contributed by atoms with van der Waals surface area (Å²) in [7, 11) is -3.53. The molecule has 0 saturated heterocycles. The maximum absolute atomic E-state index is 13.9. The third-order valence-corrected chi connectivity index (χ3v) is 6.79. The monoisotopic (exact) mass is 462 g/mol. The fourth-order valence-electron chi connectivity index (χ4n) is 3.74. The first kappa shape index (κ1) is 22.4. The van der Waals surface area contributed by atoms with Crippen molar-refractivity contribution in [3.63, 3.8) is 0 Å². The van der Waals surface area contributed by atoms with Crippen LogP contribution in [0.15, 0.2) is 12.1 Å². The third kappa shape index (κ3) is 4.68. The van der Waals surface area contributed by atoms with Gasteiger partial charge in [-0.2, -0.15) is 14.4 Å². The zero-order valence-corrected chi connectivity index (χ0v) is 19.2. The van der Waals surface area contributed by atoms with Crippen molar-refractivity contribution in [3.05, 3.63) is 40.7 Å². The fraction of sp³-hybridized carbons (Fsp3) is 0.476. The lowest BCUT2D eigenvalue weighted by molar-refractivity contribution is 0.356. The van der Waals surface area contributed by atoms with Gasteiger partial charge in [-0.3, -0.25) is 0 Å². The average Bonchev–Trinajstić information content (AvgIpc) is 3.29. The number of nitrogens with zero attached hydrogens (tertiary/aromatic N) is 4. The molecule has 1 aliphatic heterocycles. The molecule has 0 atom stereocenters. The van der Waals surface area contributed by atoms with Crippen molar-refractivity contribution in [1.82, 2.24) is 24.2 Å². The minimum absolute atomic E-state index is 0.0512. The number of hydrogen-bond acceptors (Lipinski definition) is 7. The zero-order chi connectivity index (χ0) is 23.0. The number of ether oxygens (including phenoxy) is 1. The van der Waals surface area contributed by atoms with Crippen LogP contribution in [0.25, 0.3) is 11.2 Å². The highest BCUT2D eigenvalue weighted by atomic mass is 32.2. The van der Waals surface area contributed by atoms with E-state index in [1.165, 1.54) is 5.56 Å². The van der Waals surface area contributed by atoms with Crippen LogP contribution in [0.1, 0.15) is 36.4 Å². The normalized spacial score (nSPS) is 13.7. The van der Waals surface area contributed by atoms with Crippen molar-refractivity contribution < 1.29 is 17.5 Å². The summed E-state index contributed by atoms with van der Waals surface area (Å²) < 4.78 is 48.7. The van der Waals surface area contributed by atoms with Crippen molar-refractivity contribution in [1.29, 1.82) is 0 Å². The molecule has 0 amide bonds. The molecule has 32 heavy (non-hydrogen) atoms. The molecule has 2 aromatic heterocycles. The van der Waals surface area contributed by atoms with Gasteiger partial charge in [0.05, 0.1) is 12.4 Å². The van der Waals surface area contributed by atoms with Gasteiger partial charge in [-0.15, -0.1) is 0 Å². The molecule has 0 saturated carbocycles. The van der Waals surface area contributed by atoms with E-state index in [0.29, 0.717) is 25.4 Å². The lowest BCUT2D eigenvalue weighted by Crippen LogP contribution is -2.31. The molecule has 0 unspecified atom stereocenters. The maximum atomic E-state index is 13.9. The lowest BCUT2D eigenvalue weighted by Gasteiger charge is -2.13. The summed E-state index contributed by atoms with van der Waals surface area (Å²) in [5.41, 5.74) is 9.54. The first-order valence-electron chi connectivity index (χ1n) is 10.5. The first-order chi connectivity index (χ1) is 15.1. The summed E-state index contributed by atoms with van der Waals surface area (Å²) in [4.78, 5) is 12.0. The van der Waals surface area contributed by atoms with Gasteiger partial charge in [0.2, 0.25) is 10.0 Å². The largest absolute Gasteiger partial charge is 0.493 e. The number of nitrogens with two attached hydrogens (primary N) is 1. The van der Waals surface area contributed by atoms with Crippen LogP contribution in [0.3, 0.4) is 0 Å². The minimum Gasteiger partial charge on any atom is -0.493 e. The highest BCUT2D eigenvalue weighted by Gasteiger charge is 2.21. The number of benzene rings is 1. The van der Waals surface area contributed by atoms with Gasteiger partial charge in [0.25, 0.3) is 0 Å². The van der Waals surface area contributed by atoms with Crippen molar-refractivity contribution in [2.75, 3.05) is 24.6 Å². The Morgan fingerprint density at radius 2 is 2.06 bits per heavy atom. The summed E-state index contributed by atoms with van der Waals surface area (Å²) in [5.74, 6) is 1.28. The number of rotatable bonds is 8. The van der Waals surface area contributed by atoms with Crippen LogP contribution in [-0.4, -0.2) is 46.8 Å². The lowest BCUT2D eigenvalue weighted by atomic mass is 10.0. The number of hydrogen-bond donors (Lipinski definition) is 2. The van der Waals surface area contributed by atoms with E-state index < -0.39 is 16.1 Å². The number of nitrogens with one attached hydrogen (secondary N) is 1. The van der Waals surface area contributed by atoms with Crippen LogP contribution < -0.4 is 15.2 Å². The van der Waals surface area contributed by atoms with Gasteiger partial charge < -0.3 is 15.0 Å². The molecule has 0 spiro atoms. The molecule has 0 bridgehead atoms. The van der Waals surface area contributed by atoms with Gasteiger partial charge in [-0.25, -0.2) is 18.1 Å². The van der Waals surface area contributed by atoms with Crippen molar-refractivity contribution >= 4 is 27.0 Å². The Balaban J connectivity index is 1.70. The molecule has 0 radical (unpaired) electrons. The minimum atomic E-state index is -3.53. The second-order valence-corrected chi connectivity index (χ2v) is 10.4. The van der Waals surface area contributed by atoms with Crippen molar-refractivity contribution in [2.24, 2.45) is 5.92 Å². The van der Waals surface area contributed by atoms with E-state index in [1.807, 2.05) is 26.8 Å². The predicted molar refractivity (Wildman–Crippen MR) is 120 cm³/mol. The van der Waals surface area contributed by atoms with Crippen LogP contribution in [0.2, 0.25) is 0 Å². The molecule has 3 aromatic rings. The van der Waals surface area contributed by atoms with Crippen LogP contribution in [0, 0.1) is 18.9 Å². The average molecular weight is 463 g/mol. The molecule has 0 aliphatic carbocycles. The second-order valence-electron chi connectivity index (χ2n) is 8.45. The van der Waals surface area contributed by atoms with E-state index in [4.69, 9.17) is 10.5 Å². The van der Waals surface area contributed by atoms with E-state index in [2.05, 4.69) is 25.7 Å². The van der Waals surface area contributed by atoms with Crippen LogP contribution in [-0.2, 0) is 29.4 Å². The van der Waals surface area contributed by atoms with Crippen molar-refractivity contribution in [2.45, 2.75) is 40.2 Å². The molecule has 1 aromatic carbocycles. The number of aryl methyl sites for hydroxylation is 2. The summed E-state index contributed by atoms with van der Waals surface area (Å²) in [6.07, 6.45) is 0.284. The summed E-state index contributed by atoms with van der Waals surface area (Å²) >= 11 is 0. The van der Waals surface area contributed by atoms with Crippen LogP contribution in [0.5, 0.6) is 5.75 Å². The van der Waals surface area contributed by atoms with Gasteiger partial charge in [-0.1, -0.05) is 19.9 Å². The molecule has 9 nitrogen and oxygen atoms in total. The Kier molecular flexibility index (Phi) is 6.04. The topological polar surface area (TPSA) is 125 Å². The van der Waals surface area contributed by atoms with Gasteiger partial charge in [0.15, 0.2) is 17.0 Å². The van der Waals surface area contributed by atoms with Crippen LogP contribution >= 0.6 is 0 Å². The SMILES string of the molecule is Cc1cc2c(cc1Cc1nc3c(N)nc(F)nc3n1CCS(=O)(=O)NCC(C)C)OCC2. The van der Waals surface area contributed by atoms with E-state index in [0.717, 1.165) is 23.3 Å². The quantitative estimate of drug-likeness (QED) is 0.490. The molecule has 4 rings (SSSR count). The highest BCUT2D eigenvalue weighted by molar-refractivity contribution is 7.89. The van der Waals surface area contributed by atoms with Crippen molar-refractivity contribution in [3.8, 4) is 5.75 Å². The molecular formula is C21H27FN6O3S. The molecule has 3 heterocycles. The number of imidazole rings is 1. The molecular weight excluding hydrogens is 435 g/mol. The molecule has 3 N–H and O–H groups in total. The first-order valence-corrected chi connectivity index (χ1v) is 12.2. The van der Waals surface area contributed by atoms with Crippen LogP contribution in [0.4, 0.5) is 10.2 Å². The number of sulfonamides is 1. The number of aromatic nitrogens is 4. The van der Waals surface area contributed by atoms with Gasteiger partial charge in [0.1, 0.15) is 11.6 Å². The Bertz CT molecular complexity index is 1270. The molecule has 11 heteroatoms. The number of halogens is 1. The van der Waals surface area contributed by atoms with Gasteiger partial charge in [0, 0.05) is 25.9 Å². The van der Waals surface area contributed by atoms with E-state index in [1.54, 1.807) is 4.57 Å². The maximum Gasteiger partial charge on any atom is 0.312 e. The summed E-state index contributed by atoms with van der Waals surface area (Å²) in [5, 5.41) is 0. The third-order valence-electron chi connectivity index (χ3n) is 5.47. The Hall–Kier alpha value is -2.79. The predicted octanol–water partition coefficient (Wildman–Crippen LogP) is 1.96. The van der Waals surface area contributed by atoms with E-state index in [-0.39, 0.29) is 35.2 Å². The Labute approximate surface area is 186 Å². The fourth-order valence-corrected chi connectivity index (χ4v) is 4.89. The molecule has 172 valence electrons. The number of fused-ring (bicyclic) bond motifs is 2. The number of nitrogen functional groups attached to an aromatic ring is 1. The van der Waals surface area contributed by atoms with E-state index >= 15 is 0 Å².